The fraction of sp³-hybridized carbons (Fsp3) is 0.259. The van der Waals surface area contributed by atoms with E-state index in [0.29, 0.717) is 35.8 Å². The zero-order valence-electron chi connectivity index (χ0n) is 19.7. The van der Waals surface area contributed by atoms with E-state index in [1.54, 1.807) is 6.92 Å². The smallest absolute Gasteiger partial charge is 0.416 e. The molecule has 1 aliphatic heterocycles. The summed E-state index contributed by atoms with van der Waals surface area (Å²) in [5.74, 6) is 0.293. The number of carboxylic acids is 1. The third-order valence-electron chi connectivity index (χ3n) is 6.61. The summed E-state index contributed by atoms with van der Waals surface area (Å²) in [5, 5.41) is 12.5. The van der Waals surface area contributed by atoms with Crippen molar-refractivity contribution >= 4 is 22.7 Å². The van der Waals surface area contributed by atoms with E-state index < -0.39 is 17.7 Å². The molecule has 36 heavy (non-hydrogen) atoms. The van der Waals surface area contributed by atoms with E-state index >= 15 is 0 Å². The number of hydrogen-bond donors (Lipinski definition) is 2. The van der Waals surface area contributed by atoms with Crippen molar-refractivity contribution in [3.8, 4) is 11.4 Å². The molecule has 0 saturated carbocycles. The number of anilines is 1. The van der Waals surface area contributed by atoms with E-state index in [-0.39, 0.29) is 12.3 Å². The highest BCUT2D eigenvalue weighted by atomic mass is 19.4. The molecule has 2 N–H and O–H groups in total. The van der Waals surface area contributed by atoms with Crippen LogP contribution in [0, 0.1) is 13.8 Å². The molecule has 0 aliphatic carbocycles. The lowest BCUT2D eigenvalue weighted by atomic mass is 9.98. The molecule has 9 heteroatoms. The maximum absolute atomic E-state index is 13.2. The van der Waals surface area contributed by atoms with Crippen molar-refractivity contribution in [1.82, 2.24) is 9.55 Å². The number of imidazole rings is 1. The van der Waals surface area contributed by atoms with Gasteiger partial charge in [-0.15, -0.1) is 0 Å². The summed E-state index contributed by atoms with van der Waals surface area (Å²) in [6, 6.07) is 15.1. The molecular weight excluding hydrogens is 471 g/mol. The Bertz CT molecular complexity index is 1480. The predicted octanol–water partition coefficient (Wildman–Crippen LogP) is 6.22. The Morgan fingerprint density at radius 2 is 1.97 bits per heavy atom. The van der Waals surface area contributed by atoms with E-state index in [1.807, 2.05) is 47.9 Å². The minimum absolute atomic E-state index is 0.0334. The Labute approximate surface area is 205 Å². The quantitative estimate of drug-likeness (QED) is 0.332. The van der Waals surface area contributed by atoms with Gasteiger partial charge in [0.2, 0.25) is 0 Å². The first-order valence-corrected chi connectivity index (χ1v) is 11.5. The number of benzene rings is 3. The normalized spacial score (nSPS) is 15.1. The van der Waals surface area contributed by atoms with Gasteiger partial charge in [-0.05, 0) is 55.3 Å². The lowest BCUT2D eigenvalue weighted by molar-refractivity contribution is -0.138. The SMILES string of the molecule is Cc1c(CNc2ccc3c(c2)OC[C@H]3CC(=O)O)cccc1-n1c(C)nc2cc(C(F)(F)F)ccc21. The van der Waals surface area contributed by atoms with Gasteiger partial charge in [-0.1, -0.05) is 18.2 Å². The predicted molar refractivity (Wildman–Crippen MR) is 130 cm³/mol. The molecule has 3 aromatic carbocycles. The molecule has 1 aromatic heterocycles. The Kier molecular flexibility index (Phi) is 5.86. The van der Waals surface area contributed by atoms with Gasteiger partial charge in [0.25, 0.3) is 0 Å². The second kappa shape index (κ2) is 8.89. The van der Waals surface area contributed by atoms with Gasteiger partial charge < -0.3 is 15.2 Å². The lowest BCUT2D eigenvalue weighted by Gasteiger charge is -2.16. The Balaban J connectivity index is 1.40. The van der Waals surface area contributed by atoms with Gasteiger partial charge in [0.15, 0.2) is 0 Å². The van der Waals surface area contributed by atoms with Crippen LogP contribution in [0.4, 0.5) is 18.9 Å². The summed E-state index contributed by atoms with van der Waals surface area (Å²) in [6.07, 6.45) is -4.39. The average Bonchev–Trinajstić information content (AvgIpc) is 3.36. The van der Waals surface area contributed by atoms with Crippen LogP contribution >= 0.6 is 0 Å². The van der Waals surface area contributed by atoms with Crippen LogP contribution in [-0.2, 0) is 17.5 Å². The van der Waals surface area contributed by atoms with Crippen molar-refractivity contribution in [2.45, 2.75) is 38.9 Å². The monoisotopic (exact) mass is 495 g/mol. The molecule has 0 radical (unpaired) electrons. The molecule has 186 valence electrons. The summed E-state index contributed by atoms with van der Waals surface area (Å²) in [6.45, 7) is 4.62. The van der Waals surface area contributed by atoms with E-state index in [0.717, 1.165) is 40.2 Å². The highest BCUT2D eigenvalue weighted by Crippen LogP contribution is 2.38. The van der Waals surface area contributed by atoms with Crippen LogP contribution < -0.4 is 10.1 Å². The number of alkyl halides is 3. The van der Waals surface area contributed by atoms with Crippen molar-refractivity contribution in [2.24, 2.45) is 0 Å². The fourth-order valence-electron chi connectivity index (χ4n) is 4.75. The first-order chi connectivity index (χ1) is 17.1. The van der Waals surface area contributed by atoms with Gasteiger partial charge in [0.05, 0.1) is 35.3 Å². The molecule has 5 rings (SSSR count). The Morgan fingerprint density at radius 1 is 1.17 bits per heavy atom. The lowest BCUT2D eigenvalue weighted by Crippen LogP contribution is -2.07. The van der Waals surface area contributed by atoms with Crippen LogP contribution in [0.1, 0.15) is 40.4 Å². The van der Waals surface area contributed by atoms with Crippen LogP contribution in [0.2, 0.25) is 0 Å². The number of hydrogen-bond acceptors (Lipinski definition) is 4. The van der Waals surface area contributed by atoms with Gasteiger partial charge in [-0.3, -0.25) is 9.36 Å². The molecule has 0 saturated heterocycles. The number of nitrogens with zero attached hydrogens (tertiary/aromatic N) is 2. The Hall–Kier alpha value is -4.01. The summed E-state index contributed by atoms with van der Waals surface area (Å²) in [7, 11) is 0. The van der Waals surface area contributed by atoms with Crippen LogP contribution in [-0.4, -0.2) is 27.2 Å². The van der Waals surface area contributed by atoms with Crippen LogP contribution in [0.25, 0.3) is 16.7 Å². The van der Waals surface area contributed by atoms with Crippen LogP contribution in [0.3, 0.4) is 0 Å². The first kappa shape index (κ1) is 23.7. The number of aromatic nitrogens is 2. The van der Waals surface area contributed by atoms with Gasteiger partial charge >= 0.3 is 12.1 Å². The largest absolute Gasteiger partial charge is 0.493 e. The molecule has 0 unspecified atom stereocenters. The topological polar surface area (TPSA) is 76.4 Å². The Morgan fingerprint density at radius 3 is 2.72 bits per heavy atom. The standard InChI is InChI=1S/C27H24F3N3O3/c1-15-17(13-31-20-7-8-21-18(10-26(34)35)14-36-25(21)12-20)4-3-5-23(15)33-16(2)32-22-11-19(27(28,29)30)6-9-24(22)33/h3-9,11-12,18,31H,10,13-14H2,1-2H3,(H,34,35)/t18-/m1/s1. The number of carbonyl (C=O) groups is 1. The number of aliphatic carboxylic acids is 1. The van der Waals surface area contributed by atoms with Gasteiger partial charge in [-0.25, -0.2) is 4.98 Å². The second-order valence-electron chi connectivity index (χ2n) is 8.97. The molecule has 1 atom stereocenters. The summed E-state index contributed by atoms with van der Waals surface area (Å²) in [5.41, 5.74) is 4.78. The highest BCUT2D eigenvalue weighted by Gasteiger charge is 2.31. The molecule has 1 aliphatic rings. The number of aryl methyl sites for hydroxylation is 1. The van der Waals surface area contributed by atoms with Crippen LogP contribution in [0.5, 0.6) is 5.75 Å². The maximum Gasteiger partial charge on any atom is 0.416 e. The van der Waals surface area contributed by atoms with Crippen molar-refractivity contribution in [3.63, 3.8) is 0 Å². The third kappa shape index (κ3) is 4.36. The highest BCUT2D eigenvalue weighted by molar-refractivity contribution is 5.79. The number of ether oxygens (including phenoxy) is 1. The first-order valence-electron chi connectivity index (χ1n) is 11.5. The van der Waals surface area contributed by atoms with E-state index in [9.17, 15) is 18.0 Å². The second-order valence-corrected chi connectivity index (χ2v) is 8.97. The third-order valence-corrected chi connectivity index (χ3v) is 6.61. The fourth-order valence-corrected chi connectivity index (χ4v) is 4.75. The number of halogens is 3. The number of nitrogens with one attached hydrogen (secondary N) is 1. The number of rotatable bonds is 6. The van der Waals surface area contributed by atoms with Crippen molar-refractivity contribution in [2.75, 3.05) is 11.9 Å². The van der Waals surface area contributed by atoms with Gasteiger partial charge in [0, 0.05) is 29.8 Å². The summed E-state index contributed by atoms with van der Waals surface area (Å²) in [4.78, 5) is 15.4. The van der Waals surface area contributed by atoms with Crippen molar-refractivity contribution in [3.05, 3.63) is 82.7 Å². The molecule has 0 amide bonds. The van der Waals surface area contributed by atoms with E-state index in [2.05, 4.69) is 10.3 Å². The van der Waals surface area contributed by atoms with Crippen molar-refractivity contribution < 1.29 is 27.8 Å². The minimum Gasteiger partial charge on any atom is -0.493 e. The van der Waals surface area contributed by atoms with Gasteiger partial charge in [-0.2, -0.15) is 13.2 Å². The molecule has 0 fully saturated rings. The molecule has 0 spiro atoms. The van der Waals surface area contributed by atoms with E-state index in [4.69, 9.17) is 9.84 Å². The van der Waals surface area contributed by atoms with E-state index in [1.165, 1.54) is 6.07 Å². The van der Waals surface area contributed by atoms with Gasteiger partial charge in [0.1, 0.15) is 11.6 Å². The zero-order chi connectivity index (χ0) is 25.6. The minimum atomic E-state index is -4.42. The molecule has 2 heterocycles. The maximum atomic E-state index is 13.2. The number of carboxylic acid groups (broad SMARTS) is 1. The number of fused-ring (bicyclic) bond motifs is 2. The van der Waals surface area contributed by atoms with Crippen LogP contribution in [0.15, 0.2) is 54.6 Å². The molecule has 0 bridgehead atoms. The summed E-state index contributed by atoms with van der Waals surface area (Å²) >= 11 is 0. The molecular formula is C27H24F3N3O3. The summed E-state index contributed by atoms with van der Waals surface area (Å²) < 4.78 is 47.0. The molecule has 4 aromatic rings. The molecule has 6 nitrogen and oxygen atoms in total. The average molecular weight is 496 g/mol. The zero-order valence-corrected chi connectivity index (χ0v) is 19.7. The van der Waals surface area contributed by atoms with Crippen molar-refractivity contribution in [1.29, 1.82) is 0 Å².